The third kappa shape index (κ3) is 2.84. The molecule has 0 saturated carbocycles. The average Bonchev–Trinajstić information content (AvgIpc) is 2.00. The van der Waals surface area contributed by atoms with Gasteiger partial charge in [-0.3, -0.25) is 4.79 Å². The molecule has 0 aromatic heterocycles. The molecule has 0 fully saturated rings. The van der Waals surface area contributed by atoms with Gasteiger partial charge in [-0.25, -0.2) is 0 Å². The lowest BCUT2D eigenvalue weighted by Gasteiger charge is -2.33. The second kappa shape index (κ2) is 4.48. The maximum atomic E-state index is 12.4. The summed E-state index contributed by atoms with van der Waals surface area (Å²) in [6, 6.07) is 0. The summed E-state index contributed by atoms with van der Waals surface area (Å²) in [6.07, 6.45) is 0.940. The van der Waals surface area contributed by atoms with Gasteiger partial charge in [-0.05, 0) is 17.7 Å². The van der Waals surface area contributed by atoms with Gasteiger partial charge in [0.05, 0.1) is 0 Å². The van der Waals surface area contributed by atoms with Crippen LogP contribution in [-0.2, 0) is 9.36 Å². The van der Waals surface area contributed by atoms with Gasteiger partial charge in [0.25, 0.3) is 0 Å². The summed E-state index contributed by atoms with van der Waals surface area (Å²) in [6.45, 7) is 9.13. The molecule has 0 aliphatic heterocycles. The van der Waals surface area contributed by atoms with Gasteiger partial charge in [-0.15, -0.1) is 0 Å². The van der Waals surface area contributed by atoms with Gasteiger partial charge in [0.15, 0.2) is 0 Å². The van der Waals surface area contributed by atoms with Crippen LogP contribution in [0.3, 0.4) is 0 Å². The first kappa shape index (κ1) is 13.7. The zero-order valence-corrected chi connectivity index (χ0v) is 10.6. The zero-order valence-electron chi connectivity index (χ0n) is 9.70. The summed E-state index contributed by atoms with van der Waals surface area (Å²) in [7, 11) is -2.57. The summed E-state index contributed by atoms with van der Waals surface area (Å²) in [5.74, 6) is -0.926. The van der Waals surface area contributed by atoms with Crippen LogP contribution in [0, 0.1) is 5.41 Å². The molecule has 4 heteroatoms. The maximum absolute atomic E-state index is 12.4. The quantitative estimate of drug-likeness (QED) is 0.741. The summed E-state index contributed by atoms with van der Waals surface area (Å²) < 4.78 is 12.4. The Labute approximate surface area is 86.3 Å². The first-order valence-corrected chi connectivity index (χ1v) is 7.14. The molecule has 0 bridgehead atoms. The van der Waals surface area contributed by atoms with E-state index in [1.54, 1.807) is 0 Å². The summed E-state index contributed by atoms with van der Waals surface area (Å²) in [5, 5.41) is 9.13. The van der Waals surface area contributed by atoms with Crippen molar-refractivity contribution in [3.05, 3.63) is 0 Å². The van der Waals surface area contributed by atoms with E-state index < -0.39 is 24.2 Å². The number of carboxylic acids is 1. The first-order chi connectivity index (χ1) is 6.19. The Bertz CT molecular complexity index is 245. The van der Waals surface area contributed by atoms with Gasteiger partial charge >= 0.3 is 5.97 Å². The minimum Gasteiger partial charge on any atom is -0.481 e. The highest BCUT2D eigenvalue weighted by Gasteiger charge is 2.43. The molecule has 1 unspecified atom stereocenters. The fourth-order valence-electron chi connectivity index (χ4n) is 1.87. The predicted octanol–water partition coefficient (Wildman–Crippen LogP) is 2.89. The second-order valence-electron chi connectivity index (χ2n) is 4.69. The van der Waals surface area contributed by atoms with E-state index in [-0.39, 0.29) is 0 Å². The monoisotopic (exact) mass is 220 g/mol. The number of hydrogen-bond acceptors (Lipinski definition) is 2. The highest BCUT2D eigenvalue weighted by molar-refractivity contribution is 7.65. The number of carbonyl (C=O) groups is 1. The number of rotatable bonds is 4. The van der Waals surface area contributed by atoms with Crippen molar-refractivity contribution in [2.24, 2.45) is 5.41 Å². The molecule has 0 aliphatic carbocycles. The zero-order chi connectivity index (χ0) is 11.6. The molecule has 0 heterocycles. The van der Waals surface area contributed by atoms with Gasteiger partial charge in [-0.2, -0.15) is 0 Å². The number of carboxylic acid groups (broad SMARTS) is 1. The fourth-order valence-corrected chi connectivity index (χ4v) is 4.86. The van der Waals surface area contributed by atoms with E-state index in [2.05, 4.69) is 0 Å². The molecule has 0 aromatic carbocycles. The first-order valence-electron chi connectivity index (χ1n) is 4.99. The highest BCUT2D eigenvalue weighted by atomic mass is 31.2. The molecule has 0 rings (SSSR count). The average molecular weight is 220 g/mol. The molecule has 14 heavy (non-hydrogen) atoms. The Morgan fingerprint density at radius 1 is 1.29 bits per heavy atom. The SMILES string of the molecule is CCP(=O)(CC)C(C(=O)O)C(C)(C)C. The third-order valence-electron chi connectivity index (χ3n) is 2.60. The van der Waals surface area contributed by atoms with Gasteiger partial charge in [0.2, 0.25) is 0 Å². The van der Waals surface area contributed by atoms with Gasteiger partial charge in [0, 0.05) is 0 Å². The van der Waals surface area contributed by atoms with Crippen molar-refractivity contribution in [3.63, 3.8) is 0 Å². The molecule has 3 nitrogen and oxygen atoms in total. The molecule has 0 amide bonds. The molecule has 84 valence electrons. The molecule has 0 saturated heterocycles. The Balaban J connectivity index is 5.22. The largest absolute Gasteiger partial charge is 0.481 e. The molecular weight excluding hydrogens is 199 g/mol. The van der Waals surface area contributed by atoms with Crippen molar-refractivity contribution in [2.75, 3.05) is 12.3 Å². The Morgan fingerprint density at radius 2 is 1.64 bits per heavy atom. The fraction of sp³-hybridized carbons (Fsp3) is 0.900. The van der Waals surface area contributed by atoms with Gasteiger partial charge in [0.1, 0.15) is 12.8 Å². The van der Waals surface area contributed by atoms with Crippen molar-refractivity contribution < 1.29 is 14.5 Å². The van der Waals surface area contributed by atoms with Crippen molar-refractivity contribution in [2.45, 2.75) is 40.3 Å². The van der Waals surface area contributed by atoms with Crippen molar-refractivity contribution in [3.8, 4) is 0 Å². The number of aliphatic carboxylic acids is 1. The van der Waals surface area contributed by atoms with Crippen molar-refractivity contribution in [1.29, 1.82) is 0 Å². The van der Waals surface area contributed by atoms with E-state index in [9.17, 15) is 9.36 Å². The van der Waals surface area contributed by atoms with Crippen LogP contribution >= 0.6 is 7.14 Å². The van der Waals surface area contributed by atoms with Crippen LogP contribution in [0.4, 0.5) is 0 Å². The van der Waals surface area contributed by atoms with Crippen LogP contribution in [-0.4, -0.2) is 29.1 Å². The standard InChI is InChI=1S/C10H21O3P/c1-6-14(13,7-2)8(9(11)12)10(3,4)5/h8H,6-7H2,1-5H3,(H,11,12). The molecular formula is C10H21O3P. The van der Waals surface area contributed by atoms with Crippen molar-refractivity contribution in [1.82, 2.24) is 0 Å². The lowest BCUT2D eigenvalue weighted by molar-refractivity contribution is -0.138. The number of hydrogen-bond donors (Lipinski definition) is 1. The lowest BCUT2D eigenvalue weighted by atomic mass is 9.92. The van der Waals surface area contributed by atoms with Crippen LogP contribution in [0.2, 0.25) is 0 Å². The summed E-state index contributed by atoms with van der Waals surface area (Å²) in [4.78, 5) is 11.1. The minimum atomic E-state index is -2.57. The van der Waals surface area contributed by atoms with E-state index >= 15 is 0 Å². The van der Waals surface area contributed by atoms with Crippen LogP contribution in [0.25, 0.3) is 0 Å². The summed E-state index contributed by atoms with van der Waals surface area (Å²) in [5.41, 5.74) is -1.15. The Hall–Kier alpha value is -0.300. The third-order valence-corrected chi connectivity index (χ3v) is 6.67. The van der Waals surface area contributed by atoms with E-state index in [4.69, 9.17) is 5.11 Å². The van der Waals surface area contributed by atoms with Crippen molar-refractivity contribution >= 4 is 13.1 Å². The topological polar surface area (TPSA) is 54.4 Å². The van der Waals surface area contributed by atoms with Gasteiger partial charge < -0.3 is 9.67 Å². The highest BCUT2D eigenvalue weighted by Crippen LogP contribution is 2.56. The smallest absolute Gasteiger partial charge is 0.314 e. The Morgan fingerprint density at radius 3 is 1.71 bits per heavy atom. The van der Waals surface area contributed by atoms with Crippen LogP contribution in [0.5, 0.6) is 0 Å². The van der Waals surface area contributed by atoms with E-state index in [0.717, 1.165) is 0 Å². The summed E-state index contributed by atoms with van der Waals surface area (Å²) >= 11 is 0. The molecule has 1 atom stereocenters. The molecule has 1 N–H and O–H groups in total. The van der Waals surface area contributed by atoms with E-state index in [1.807, 2.05) is 34.6 Å². The van der Waals surface area contributed by atoms with Crippen LogP contribution in [0.1, 0.15) is 34.6 Å². The van der Waals surface area contributed by atoms with E-state index in [0.29, 0.717) is 12.3 Å². The van der Waals surface area contributed by atoms with Gasteiger partial charge in [-0.1, -0.05) is 34.6 Å². The lowest BCUT2D eigenvalue weighted by Crippen LogP contribution is -2.35. The molecule has 0 spiro atoms. The molecule has 0 radical (unpaired) electrons. The van der Waals surface area contributed by atoms with Crippen LogP contribution < -0.4 is 0 Å². The van der Waals surface area contributed by atoms with Crippen LogP contribution in [0.15, 0.2) is 0 Å². The Kier molecular flexibility index (Phi) is 4.38. The normalized spacial score (nSPS) is 15.2. The predicted molar refractivity (Wildman–Crippen MR) is 59.6 cm³/mol. The molecule has 0 aromatic rings. The minimum absolute atomic E-state index is 0.437. The maximum Gasteiger partial charge on any atom is 0.314 e. The van der Waals surface area contributed by atoms with E-state index in [1.165, 1.54) is 0 Å². The molecule has 0 aliphatic rings. The second-order valence-corrected chi connectivity index (χ2v) is 8.38.